The molecule has 3 amide bonds. The third-order valence-corrected chi connectivity index (χ3v) is 23.4. The van der Waals surface area contributed by atoms with Gasteiger partial charge >= 0.3 is 5.97 Å². The van der Waals surface area contributed by atoms with E-state index in [1.54, 1.807) is 60.7 Å². The van der Waals surface area contributed by atoms with E-state index in [1.807, 2.05) is 61.8 Å². The predicted molar refractivity (Wildman–Crippen MR) is 424 cm³/mol. The molecule has 4 atom stereocenters. The smallest absolute Gasteiger partial charge is 0.328 e. The van der Waals surface area contributed by atoms with Gasteiger partial charge in [-0.2, -0.15) is 15.3 Å². The molecule has 0 radical (unpaired) electrons. The van der Waals surface area contributed by atoms with Crippen LogP contribution in [0.15, 0.2) is 133 Å². The first-order chi connectivity index (χ1) is 53.4. The van der Waals surface area contributed by atoms with E-state index >= 15 is 0 Å². The summed E-state index contributed by atoms with van der Waals surface area (Å²) in [5.74, 6) is -1.50. The van der Waals surface area contributed by atoms with Crippen LogP contribution in [0.5, 0.6) is 5.75 Å². The highest BCUT2D eigenvalue weighted by Crippen LogP contribution is 2.43. The number of carbonyl (C=O) groups excluding carboxylic acids is 4. The minimum absolute atomic E-state index is 0.0741. The molecule has 9 aromatic rings. The summed E-state index contributed by atoms with van der Waals surface area (Å²) in [6, 6.07) is 36.7. The predicted octanol–water partition coefficient (Wildman–Crippen LogP) is 18.8. The van der Waals surface area contributed by atoms with Crippen LogP contribution >= 0.6 is 46.4 Å². The molecule has 5 heterocycles. The number of rotatable bonds is 18. The lowest BCUT2D eigenvalue weighted by Crippen LogP contribution is -2.45. The van der Waals surface area contributed by atoms with E-state index in [9.17, 15) is 37.5 Å². The van der Waals surface area contributed by atoms with Crippen LogP contribution in [0, 0.1) is 17.5 Å². The number of phenolic OH excluding ortho intramolecular Hbond substituents is 1. The third-order valence-electron chi connectivity index (χ3n) is 22.3. The topological polar surface area (TPSA) is 194 Å². The number of aromatic nitrogens is 6. The number of halogens is 7. The maximum absolute atomic E-state index is 14.0. The van der Waals surface area contributed by atoms with Gasteiger partial charge in [0.25, 0.3) is 17.7 Å². The average Bonchev–Trinajstić information content (AvgIpc) is 1.62. The number of esters is 1. The van der Waals surface area contributed by atoms with E-state index in [0.29, 0.717) is 55.0 Å². The molecule has 3 fully saturated rings. The highest BCUT2D eigenvalue weighted by Gasteiger charge is 2.37. The van der Waals surface area contributed by atoms with Crippen LogP contribution in [-0.4, -0.2) is 107 Å². The van der Waals surface area contributed by atoms with Crippen molar-refractivity contribution in [3.63, 3.8) is 0 Å². The van der Waals surface area contributed by atoms with Gasteiger partial charge in [-0.3, -0.25) is 29.9 Å². The number of fused-ring (bicyclic) bond motifs is 3. The van der Waals surface area contributed by atoms with Gasteiger partial charge in [0.2, 0.25) is 0 Å². The number of nitrogens with zero attached hydrogens (tertiary/aromatic N) is 8. The fourth-order valence-corrected chi connectivity index (χ4v) is 17.9. The first kappa shape index (κ1) is 79.6. The Bertz CT molecular complexity index is 4670. The first-order valence-corrected chi connectivity index (χ1v) is 40.7. The minimum Gasteiger partial charge on any atom is -0.508 e. The Labute approximate surface area is 661 Å². The van der Waals surface area contributed by atoms with Crippen molar-refractivity contribution < 1.29 is 42.2 Å². The zero-order valence-corrected chi connectivity index (χ0v) is 65.2. The number of amides is 3. The van der Waals surface area contributed by atoms with Crippen molar-refractivity contribution >= 4 is 70.1 Å². The summed E-state index contributed by atoms with van der Waals surface area (Å²) in [5, 5.41) is 33.2. The van der Waals surface area contributed by atoms with Crippen molar-refractivity contribution in [2.75, 3.05) is 33.3 Å². The van der Waals surface area contributed by atoms with Gasteiger partial charge in [0.05, 0.1) is 46.0 Å². The minimum atomic E-state index is -0.890. The van der Waals surface area contributed by atoms with Crippen molar-refractivity contribution in [2.45, 2.75) is 203 Å². The van der Waals surface area contributed by atoms with E-state index in [0.717, 1.165) is 223 Å². The molecule has 24 heteroatoms. The molecule has 1 saturated carbocycles. The average molecular weight is 1580 g/mol. The lowest BCUT2D eigenvalue weighted by molar-refractivity contribution is -0.142. The molecule has 4 aliphatic carbocycles. The Balaban J connectivity index is 0.000000145. The molecule has 580 valence electrons. The molecule has 2 saturated heterocycles. The third kappa shape index (κ3) is 19.9. The second-order valence-corrected chi connectivity index (χ2v) is 31.8. The lowest BCUT2D eigenvalue weighted by Gasteiger charge is -2.27. The zero-order chi connectivity index (χ0) is 76.8. The maximum atomic E-state index is 14.0. The van der Waals surface area contributed by atoms with Crippen LogP contribution in [0.25, 0.3) is 11.4 Å². The Morgan fingerprint density at radius 3 is 1.35 bits per heavy atom. The van der Waals surface area contributed by atoms with Gasteiger partial charge in [-0.05, 0) is 223 Å². The summed E-state index contributed by atoms with van der Waals surface area (Å²) in [4.78, 5) is 53.4. The zero-order valence-electron chi connectivity index (χ0n) is 62.2. The SMILES string of the molecule is COC(=O)[C@@H](Cc1ccc(O)cc1)NC(=O)c1nn(C2CCCCC2)c2c1CCCCC2Cc1ccc(F)cc1.O=C(NN1CCCCC1)c1nn(-c2ccc(Cl)cc2Cl)c2c1CCCCC2Cc1ccc(F)cc1.O=C(NN1CCCCC1)c1nn(-c2ccc(Cl)cc2Cl)c2c1CCCCC2Cc1cccc(F)c1. The van der Waals surface area contributed by atoms with Crippen LogP contribution in [0.1, 0.15) is 240 Å². The van der Waals surface area contributed by atoms with Crippen LogP contribution < -0.4 is 16.2 Å². The second-order valence-electron chi connectivity index (χ2n) is 30.1. The van der Waals surface area contributed by atoms with Crippen molar-refractivity contribution in [3.05, 3.63) is 244 Å². The van der Waals surface area contributed by atoms with Gasteiger partial charge in [-0.1, -0.05) is 146 Å². The molecule has 0 spiro atoms. The van der Waals surface area contributed by atoms with Gasteiger partial charge in [0.1, 0.15) is 29.2 Å². The first-order valence-electron chi connectivity index (χ1n) is 39.2. The summed E-state index contributed by atoms with van der Waals surface area (Å²) >= 11 is 25.6. The number of methoxy groups -OCH3 is 1. The Kier molecular flexibility index (Phi) is 27.3. The fraction of sp³-hybridized carbons (Fsp3) is 0.430. The normalized spacial score (nSPS) is 18.6. The Morgan fingerprint density at radius 2 is 0.891 bits per heavy atom. The van der Waals surface area contributed by atoms with Crippen LogP contribution in [0.3, 0.4) is 0 Å². The molecule has 4 N–H and O–H groups in total. The van der Waals surface area contributed by atoms with E-state index < -0.39 is 12.0 Å². The number of hydrazine groups is 2. The monoisotopic (exact) mass is 1580 g/mol. The van der Waals surface area contributed by atoms with Crippen LogP contribution in [0.2, 0.25) is 20.1 Å². The molecule has 15 rings (SSSR count). The molecule has 17 nitrogen and oxygen atoms in total. The van der Waals surface area contributed by atoms with Gasteiger partial charge in [0, 0.05) is 82.8 Å². The summed E-state index contributed by atoms with van der Waals surface area (Å²) < 4.78 is 51.9. The molecule has 110 heavy (non-hydrogen) atoms. The number of phenols is 1. The molecular formula is C86H96Cl4F3N11O6. The molecule has 0 bridgehead atoms. The summed E-state index contributed by atoms with van der Waals surface area (Å²) in [5.41, 5.74) is 18.8. The van der Waals surface area contributed by atoms with Gasteiger partial charge < -0.3 is 15.2 Å². The highest BCUT2D eigenvalue weighted by molar-refractivity contribution is 6.36. The van der Waals surface area contributed by atoms with E-state index in [-0.39, 0.29) is 71.1 Å². The lowest BCUT2D eigenvalue weighted by atomic mass is 9.89. The van der Waals surface area contributed by atoms with Crippen LogP contribution in [0.4, 0.5) is 13.2 Å². The molecule has 3 aromatic heterocycles. The van der Waals surface area contributed by atoms with Crippen molar-refractivity contribution in [1.29, 1.82) is 0 Å². The van der Waals surface area contributed by atoms with E-state index in [1.165, 1.54) is 56.7 Å². The van der Waals surface area contributed by atoms with E-state index in [2.05, 4.69) is 20.9 Å². The summed E-state index contributed by atoms with van der Waals surface area (Å²) in [6.45, 7) is 3.40. The Morgan fingerprint density at radius 1 is 0.464 bits per heavy atom. The quantitative estimate of drug-likeness (QED) is 0.0472. The van der Waals surface area contributed by atoms with E-state index in [4.69, 9.17) is 66.4 Å². The standard InChI is InChI=1S/C32H38FN3O4.2C27H29Cl2FN4O/c1-40-32(39)28(20-22-13-17-26(37)18-14-22)34-31(38)29-27-10-6-5-7-23(19-21-11-15-24(33)16-12-21)30(27)36(35-29)25-8-3-2-4-9-25;28-20-11-12-24(23(29)17-20)34-26-19(15-18-7-6-9-21(30)16-18)8-2-3-10-22(26)25(31-34)27(35)32-33-13-4-1-5-14-33;28-20-10-13-24(23(29)17-20)34-26-19(16-18-8-11-21(30)12-9-18)6-2-3-7-22(26)25(31-34)27(35)32-33-14-4-1-5-15-33/h11-18,23,25,28,37H,2-10,19-20H2,1H3,(H,34,38);6-7,9,11-12,16-17,19H,1-5,8,10,13-15H2,(H,32,35);8-13,17,19H,1-7,14-16H2,(H,32,35)/t23?,28-;;/m1../s1. The number of carbonyl (C=O) groups is 4. The second kappa shape index (κ2) is 37.7. The largest absolute Gasteiger partial charge is 0.508 e. The molecule has 6 aliphatic rings. The number of benzene rings is 6. The molecule has 3 unspecified atom stereocenters. The number of aromatic hydroxyl groups is 1. The molecule has 2 aliphatic heterocycles. The maximum Gasteiger partial charge on any atom is 0.328 e. The van der Waals surface area contributed by atoms with Crippen molar-refractivity contribution in [1.82, 2.24) is 55.5 Å². The summed E-state index contributed by atoms with van der Waals surface area (Å²) in [6.07, 6.45) is 25.8. The highest BCUT2D eigenvalue weighted by atomic mass is 35.5. The van der Waals surface area contributed by atoms with Gasteiger partial charge in [0.15, 0.2) is 17.1 Å². The number of hydrogen-bond acceptors (Lipinski definition) is 11. The van der Waals surface area contributed by atoms with Crippen LogP contribution in [-0.2, 0) is 54.5 Å². The van der Waals surface area contributed by atoms with Gasteiger partial charge in [-0.15, -0.1) is 0 Å². The number of hydrogen-bond donors (Lipinski definition) is 4. The summed E-state index contributed by atoms with van der Waals surface area (Å²) in [7, 11) is 1.31. The number of piperidine rings is 2. The van der Waals surface area contributed by atoms with Crippen molar-refractivity contribution in [3.8, 4) is 17.1 Å². The fourth-order valence-electron chi connectivity index (χ4n) is 16.9. The Hall–Kier alpha value is -8.50. The number of ether oxygens (including phenoxy) is 1. The van der Waals surface area contributed by atoms with Crippen molar-refractivity contribution in [2.24, 2.45) is 0 Å². The van der Waals surface area contributed by atoms with Gasteiger partial charge in [-0.25, -0.2) is 37.3 Å². The molecular weight excluding hydrogens is 1480 g/mol. The molecule has 6 aromatic carbocycles. The number of nitrogens with one attached hydrogen (secondary N) is 3.